The molecule has 1 aliphatic heterocycles. The van der Waals surface area contributed by atoms with Crippen molar-refractivity contribution in [3.05, 3.63) is 143 Å². The molecule has 0 saturated carbocycles. The highest BCUT2D eigenvalue weighted by molar-refractivity contribution is 7.96. The quantitative estimate of drug-likeness (QED) is 0.0418. The second kappa shape index (κ2) is 15.2. The van der Waals surface area contributed by atoms with Crippen LogP contribution in [0.1, 0.15) is 32.3 Å². The van der Waals surface area contributed by atoms with Gasteiger partial charge in [-0.15, -0.1) is 0 Å². The Morgan fingerprint density at radius 2 is 1.40 bits per heavy atom. The lowest BCUT2D eigenvalue weighted by Gasteiger charge is -2.45. The van der Waals surface area contributed by atoms with Crippen molar-refractivity contribution < 1.29 is 24.0 Å². The number of likely N-dealkylation sites (tertiary alicyclic amines) is 1. The van der Waals surface area contributed by atoms with Crippen molar-refractivity contribution in [3.8, 4) is 0 Å². The van der Waals surface area contributed by atoms with Crippen LogP contribution in [-0.2, 0) is 25.7 Å². The van der Waals surface area contributed by atoms with E-state index in [0.29, 0.717) is 16.1 Å². The van der Waals surface area contributed by atoms with Crippen LogP contribution < -0.4 is 21.2 Å². The van der Waals surface area contributed by atoms with Crippen LogP contribution in [0.3, 0.4) is 0 Å². The van der Waals surface area contributed by atoms with E-state index in [-0.39, 0.29) is 42.4 Å². The van der Waals surface area contributed by atoms with E-state index >= 15 is 0 Å². The van der Waals surface area contributed by atoms with Crippen molar-refractivity contribution >= 4 is 68.8 Å². The molecule has 2 amide bonds. The summed E-state index contributed by atoms with van der Waals surface area (Å²) in [5.41, 5.74) is 1.28. The van der Waals surface area contributed by atoms with Crippen molar-refractivity contribution in [1.29, 1.82) is 0 Å². The maximum absolute atomic E-state index is 14.7. The van der Waals surface area contributed by atoms with E-state index in [9.17, 15) is 24.5 Å². The first-order valence-corrected chi connectivity index (χ1v) is 17.5. The number of carbonyl (C=O) groups excluding carboxylic acids is 3. The number of nitro groups is 1. The number of benzene rings is 4. The summed E-state index contributed by atoms with van der Waals surface area (Å²) in [6, 6.07) is 34.4. The Bertz CT molecular complexity index is 1830. The van der Waals surface area contributed by atoms with Gasteiger partial charge in [-0.2, -0.15) is 0 Å². The van der Waals surface area contributed by atoms with Crippen LogP contribution in [0.2, 0.25) is 0 Å². The molecule has 5 rings (SSSR count). The minimum absolute atomic E-state index is 0.0766. The molecule has 1 unspecified atom stereocenters. The Hall–Kier alpha value is -5.18. The van der Waals surface area contributed by atoms with Gasteiger partial charge < -0.3 is 15.0 Å². The zero-order valence-electron chi connectivity index (χ0n) is 26.4. The Morgan fingerprint density at radius 1 is 0.896 bits per heavy atom. The molecule has 0 spiro atoms. The van der Waals surface area contributed by atoms with Gasteiger partial charge in [0.2, 0.25) is 11.8 Å². The van der Waals surface area contributed by atoms with Gasteiger partial charge in [0.1, 0.15) is 12.0 Å². The van der Waals surface area contributed by atoms with Gasteiger partial charge in [0.05, 0.1) is 11.0 Å². The molecule has 0 radical (unpaired) electrons. The molecule has 0 aliphatic carbocycles. The summed E-state index contributed by atoms with van der Waals surface area (Å²) in [7, 11) is 0. The zero-order chi connectivity index (χ0) is 34.3. The van der Waals surface area contributed by atoms with Crippen molar-refractivity contribution in [2.24, 2.45) is 0 Å². The topological polar surface area (TPSA) is 119 Å². The number of esters is 1. The summed E-state index contributed by atoms with van der Waals surface area (Å²) in [6.07, 6.45) is 2.15. The van der Waals surface area contributed by atoms with Gasteiger partial charge in [-0.1, -0.05) is 103 Å². The van der Waals surface area contributed by atoms with Gasteiger partial charge in [0.25, 0.3) is 5.69 Å². The van der Waals surface area contributed by atoms with Crippen molar-refractivity contribution in [2.75, 3.05) is 0 Å². The molecule has 0 bridgehead atoms. The van der Waals surface area contributed by atoms with Crippen LogP contribution in [0.15, 0.2) is 127 Å². The first-order valence-electron chi connectivity index (χ1n) is 15.3. The minimum atomic E-state index is -3.11. The van der Waals surface area contributed by atoms with E-state index < -0.39 is 23.8 Å². The number of rotatable bonds is 12. The van der Waals surface area contributed by atoms with Crippen LogP contribution in [0.25, 0.3) is 0 Å². The summed E-state index contributed by atoms with van der Waals surface area (Å²) in [4.78, 5) is 52.9. The molecule has 1 N–H and O–H groups in total. The molecule has 9 nitrogen and oxygen atoms in total. The highest BCUT2D eigenvalue weighted by Gasteiger charge is 2.47. The van der Waals surface area contributed by atoms with E-state index in [1.165, 1.54) is 19.1 Å². The summed E-state index contributed by atoms with van der Waals surface area (Å²) >= 11 is 5.69. The number of hydrogen-bond donors (Lipinski definition) is 1. The number of allylic oxidation sites excluding steroid dienone is 2. The summed E-state index contributed by atoms with van der Waals surface area (Å²) < 4.78 is 6.02. The van der Waals surface area contributed by atoms with Crippen LogP contribution in [-0.4, -0.2) is 43.9 Å². The van der Waals surface area contributed by atoms with E-state index in [4.69, 9.17) is 17.0 Å². The minimum Gasteiger partial charge on any atom is -0.456 e. The number of nitrogens with one attached hydrogen (secondary N) is 1. The smallest absolute Gasteiger partial charge is 0.356 e. The predicted octanol–water partition coefficient (Wildman–Crippen LogP) is 5.16. The first-order chi connectivity index (χ1) is 23.1. The van der Waals surface area contributed by atoms with Gasteiger partial charge in [-0.3, -0.25) is 19.7 Å². The van der Waals surface area contributed by atoms with Gasteiger partial charge >= 0.3 is 5.97 Å². The Balaban J connectivity index is 1.73. The third-order valence-electron chi connectivity index (χ3n) is 7.91. The highest BCUT2D eigenvalue weighted by Crippen LogP contribution is 2.49. The molecular formula is C37H34N3O6PS. The summed E-state index contributed by atoms with van der Waals surface area (Å²) in [5.74, 6) is -1.13. The van der Waals surface area contributed by atoms with E-state index in [2.05, 4.69) is 5.32 Å². The largest absolute Gasteiger partial charge is 0.456 e. The maximum Gasteiger partial charge on any atom is 0.356 e. The van der Waals surface area contributed by atoms with E-state index in [1.807, 2.05) is 91.0 Å². The maximum atomic E-state index is 14.7. The van der Waals surface area contributed by atoms with Gasteiger partial charge in [0, 0.05) is 49.3 Å². The zero-order valence-corrected chi connectivity index (χ0v) is 28.2. The third kappa shape index (κ3) is 7.35. The van der Waals surface area contributed by atoms with Crippen LogP contribution in [0.4, 0.5) is 5.69 Å². The third-order valence-corrected chi connectivity index (χ3v) is 12.4. The molecule has 4 aromatic carbocycles. The first kappa shape index (κ1) is 34.2. The summed E-state index contributed by atoms with van der Waals surface area (Å²) in [6.45, 7) is -0.119. The van der Waals surface area contributed by atoms with Gasteiger partial charge in [0.15, 0.2) is 0 Å². The number of non-ortho nitro benzene ring substituents is 1. The van der Waals surface area contributed by atoms with Crippen molar-refractivity contribution in [2.45, 2.75) is 39.3 Å². The Kier molecular flexibility index (Phi) is 10.8. The molecule has 48 heavy (non-hydrogen) atoms. The molecule has 1 atom stereocenters. The predicted molar refractivity (Wildman–Crippen MR) is 193 cm³/mol. The number of nitrogens with zero attached hydrogens (tertiary/aromatic N) is 2. The number of amides is 2. The second-order valence-electron chi connectivity index (χ2n) is 11.3. The lowest BCUT2D eigenvalue weighted by molar-refractivity contribution is -0.384. The number of hydrogen-bond acceptors (Lipinski definition) is 7. The number of nitro benzene ring substituents is 1. The number of ether oxygens (including phenoxy) is 1. The van der Waals surface area contributed by atoms with Crippen molar-refractivity contribution in [1.82, 2.24) is 10.2 Å². The van der Waals surface area contributed by atoms with E-state index in [1.54, 1.807) is 30.0 Å². The Morgan fingerprint density at radius 3 is 1.83 bits per heavy atom. The fourth-order valence-electron chi connectivity index (χ4n) is 5.88. The SMILES string of the molecule is CC(=O)NC(C)=CC(=S)CC1CC(=O)N1C(C(=O)OCc1ccc([N+](=O)[O-])cc1)=P(c1ccccc1)(c1ccccc1)c1ccccc1. The number of β-lactam (4-membered cyclic amide) rings is 1. The fourth-order valence-corrected chi connectivity index (χ4v) is 10.7. The molecular weight excluding hydrogens is 645 g/mol. The average Bonchev–Trinajstić information content (AvgIpc) is 3.08. The van der Waals surface area contributed by atoms with Crippen LogP contribution >= 0.6 is 19.1 Å². The van der Waals surface area contributed by atoms with Crippen molar-refractivity contribution in [3.63, 3.8) is 0 Å². The van der Waals surface area contributed by atoms with Gasteiger partial charge in [-0.05, 0) is 46.6 Å². The van der Waals surface area contributed by atoms with E-state index in [0.717, 1.165) is 15.9 Å². The summed E-state index contributed by atoms with van der Waals surface area (Å²) in [5, 5.41) is 16.5. The normalized spacial score (nSPS) is 14.5. The standard InChI is InChI=1S/C37H34N3O6PS/c1-26(38-27(2)41)22-34(48)23-30-24-35(42)39(30)36(37(43)46-25-28-18-20-29(21-19-28)40(44)45)47(31-12-6-3-7-13-31,32-14-8-4-9-15-32)33-16-10-5-11-17-33/h3-22,30H,23-25H2,1-2H3,(H,38,41). The van der Waals surface area contributed by atoms with Crippen LogP contribution in [0.5, 0.6) is 0 Å². The molecule has 1 heterocycles. The molecule has 11 heteroatoms. The molecule has 4 aromatic rings. The molecule has 1 fully saturated rings. The second-order valence-corrected chi connectivity index (χ2v) is 15.1. The lowest BCUT2D eigenvalue weighted by Crippen LogP contribution is -2.60. The molecule has 0 aromatic heterocycles. The Labute approximate surface area is 284 Å². The monoisotopic (exact) mass is 679 g/mol. The molecule has 1 saturated heterocycles. The highest BCUT2D eigenvalue weighted by atomic mass is 32.1. The lowest BCUT2D eigenvalue weighted by atomic mass is 9.96. The molecule has 244 valence electrons. The fraction of sp³-hybridized carbons (Fsp3) is 0.162. The van der Waals surface area contributed by atoms with Crippen LogP contribution in [0, 0.1) is 10.1 Å². The number of carbonyl (C=O) groups is 3. The number of thiocarbonyl (C=S) groups is 1. The molecule has 1 aliphatic rings. The van der Waals surface area contributed by atoms with Gasteiger partial charge in [-0.25, -0.2) is 4.79 Å². The average molecular weight is 680 g/mol.